The number of aromatic nitrogens is 1. The summed E-state index contributed by atoms with van der Waals surface area (Å²) in [6, 6.07) is 0. The van der Waals surface area contributed by atoms with Gasteiger partial charge in [-0.3, -0.25) is 9.59 Å². The number of amides is 1. The van der Waals surface area contributed by atoms with Crippen LogP contribution < -0.4 is 5.32 Å². The van der Waals surface area contributed by atoms with E-state index < -0.39 is 5.97 Å². The Morgan fingerprint density at radius 3 is 2.82 bits per heavy atom. The SMILES string of the molecule is Cc1ncoc1C(=O)NCC(C)CCC(=O)O. The molecule has 0 aromatic carbocycles. The normalized spacial score (nSPS) is 12.1. The molecule has 2 N–H and O–H groups in total. The number of aryl methyl sites for hydroxylation is 1. The number of nitrogens with zero attached hydrogens (tertiary/aromatic N) is 1. The van der Waals surface area contributed by atoms with Crippen LogP contribution in [0.2, 0.25) is 0 Å². The molecule has 0 radical (unpaired) electrons. The Kier molecular flexibility index (Phi) is 4.68. The fourth-order valence-electron chi connectivity index (χ4n) is 1.34. The molecular weight excluding hydrogens is 224 g/mol. The molecule has 0 fully saturated rings. The van der Waals surface area contributed by atoms with Crippen LogP contribution in [0.3, 0.4) is 0 Å². The summed E-state index contributed by atoms with van der Waals surface area (Å²) in [4.78, 5) is 25.8. The van der Waals surface area contributed by atoms with Crippen LogP contribution in [0.15, 0.2) is 10.8 Å². The largest absolute Gasteiger partial charge is 0.481 e. The van der Waals surface area contributed by atoms with Gasteiger partial charge in [-0.15, -0.1) is 0 Å². The van der Waals surface area contributed by atoms with Gasteiger partial charge in [0, 0.05) is 13.0 Å². The predicted molar refractivity (Wildman–Crippen MR) is 59.6 cm³/mol. The summed E-state index contributed by atoms with van der Waals surface area (Å²) in [5.41, 5.74) is 0.542. The van der Waals surface area contributed by atoms with E-state index in [1.54, 1.807) is 6.92 Å². The van der Waals surface area contributed by atoms with Gasteiger partial charge < -0.3 is 14.8 Å². The molecule has 0 aliphatic heterocycles. The maximum atomic E-state index is 11.6. The zero-order valence-electron chi connectivity index (χ0n) is 9.90. The Hall–Kier alpha value is -1.85. The van der Waals surface area contributed by atoms with E-state index in [4.69, 9.17) is 9.52 Å². The third kappa shape index (κ3) is 4.26. The minimum Gasteiger partial charge on any atom is -0.481 e. The molecule has 1 aromatic heterocycles. The highest BCUT2D eigenvalue weighted by molar-refractivity contribution is 5.92. The third-order valence-electron chi connectivity index (χ3n) is 2.41. The Morgan fingerprint density at radius 2 is 2.29 bits per heavy atom. The van der Waals surface area contributed by atoms with Crippen LogP contribution in [0.1, 0.15) is 36.0 Å². The molecule has 0 spiro atoms. The van der Waals surface area contributed by atoms with Crippen molar-refractivity contribution in [2.24, 2.45) is 5.92 Å². The van der Waals surface area contributed by atoms with Crippen LogP contribution in [0.25, 0.3) is 0 Å². The smallest absolute Gasteiger partial charge is 0.303 e. The van der Waals surface area contributed by atoms with Gasteiger partial charge >= 0.3 is 5.97 Å². The highest BCUT2D eigenvalue weighted by atomic mass is 16.4. The van der Waals surface area contributed by atoms with Crippen molar-refractivity contribution in [2.75, 3.05) is 6.54 Å². The molecular formula is C11H16N2O4. The molecule has 1 rings (SSSR count). The number of hydrogen-bond donors (Lipinski definition) is 2. The van der Waals surface area contributed by atoms with E-state index >= 15 is 0 Å². The minimum atomic E-state index is -0.825. The Morgan fingerprint density at radius 1 is 1.59 bits per heavy atom. The van der Waals surface area contributed by atoms with Crippen molar-refractivity contribution < 1.29 is 19.1 Å². The van der Waals surface area contributed by atoms with Crippen LogP contribution in [0.5, 0.6) is 0 Å². The van der Waals surface area contributed by atoms with Gasteiger partial charge in [-0.2, -0.15) is 0 Å². The number of nitrogens with one attached hydrogen (secondary N) is 1. The summed E-state index contributed by atoms with van der Waals surface area (Å²) in [7, 11) is 0. The maximum Gasteiger partial charge on any atom is 0.303 e. The summed E-state index contributed by atoms with van der Waals surface area (Å²) < 4.78 is 4.94. The standard InChI is InChI=1S/C11H16N2O4/c1-7(3-4-9(14)15)5-12-11(16)10-8(2)13-6-17-10/h6-7H,3-5H2,1-2H3,(H,12,16)(H,14,15). The van der Waals surface area contributed by atoms with Crippen molar-refractivity contribution in [1.82, 2.24) is 10.3 Å². The Labute approximate surface area is 99.0 Å². The van der Waals surface area contributed by atoms with Crippen molar-refractivity contribution in [3.63, 3.8) is 0 Å². The summed E-state index contributed by atoms with van der Waals surface area (Å²) >= 11 is 0. The fraction of sp³-hybridized carbons (Fsp3) is 0.545. The lowest BCUT2D eigenvalue weighted by atomic mass is 10.1. The fourth-order valence-corrected chi connectivity index (χ4v) is 1.34. The number of rotatable bonds is 6. The Balaban J connectivity index is 2.33. The van der Waals surface area contributed by atoms with Gasteiger partial charge in [0.05, 0.1) is 5.69 Å². The molecule has 17 heavy (non-hydrogen) atoms. The molecule has 0 saturated heterocycles. The number of carboxylic acid groups (broad SMARTS) is 1. The summed E-state index contributed by atoms with van der Waals surface area (Å²) in [5.74, 6) is -0.829. The zero-order valence-corrected chi connectivity index (χ0v) is 9.90. The first-order chi connectivity index (χ1) is 8.00. The number of carbonyl (C=O) groups excluding carboxylic acids is 1. The van der Waals surface area contributed by atoms with Gasteiger partial charge in [0.2, 0.25) is 5.76 Å². The lowest BCUT2D eigenvalue weighted by Gasteiger charge is -2.10. The second-order valence-corrected chi connectivity index (χ2v) is 4.01. The van der Waals surface area contributed by atoms with Gasteiger partial charge in [0.25, 0.3) is 5.91 Å². The highest BCUT2D eigenvalue weighted by Gasteiger charge is 2.14. The van der Waals surface area contributed by atoms with Gasteiger partial charge in [-0.25, -0.2) is 4.98 Å². The topological polar surface area (TPSA) is 92.4 Å². The number of carboxylic acids is 1. The third-order valence-corrected chi connectivity index (χ3v) is 2.41. The lowest BCUT2D eigenvalue weighted by Crippen LogP contribution is -2.28. The van der Waals surface area contributed by atoms with E-state index in [0.717, 1.165) is 0 Å². The molecule has 1 amide bonds. The molecule has 6 heteroatoms. The van der Waals surface area contributed by atoms with Gasteiger partial charge in [0.1, 0.15) is 0 Å². The van der Waals surface area contributed by atoms with Crippen molar-refractivity contribution in [2.45, 2.75) is 26.7 Å². The summed E-state index contributed by atoms with van der Waals surface area (Å²) in [5, 5.41) is 11.2. The second-order valence-electron chi connectivity index (χ2n) is 4.01. The lowest BCUT2D eigenvalue weighted by molar-refractivity contribution is -0.137. The van der Waals surface area contributed by atoms with E-state index in [-0.39, 0.29) is 24.0 Å². The van der Waals surface area contributed by atoms with Crippen LogP contribution in [-0.4, -0.2) is 28.5 Å². The number of hydrogen-bond acceptors (Lipinski definition) is 4. The van der Waals surface area contributed by atoms with Crippen LogP contribution in [0, 0.1) is 12.8 Å². The minimum absolute atomic E-state index is 0.109. The van der Waals surface area contributed by atoms with Gasteiger partial charge in [-0.05, 0) is 19.3 Å². The number of oxazole rings is 1. The van der Waals surface area contributed by atoms with Crippen molar-refractivity contribution in [1.29, 1.82) is 0 Å². The average Bonchev–Trinajstić information content (AvgIpc) is 2.69. The highest BCUT2D eigenvalue weighted by Crippen LogP contribution is 2.07. The van der Waals surface area contributed by atoms with E-state index in [1.807, 2.05) is 6.92 Å². The predicted octanol–water partition coefficient (Wildman–Crippen LogP) is 1.21. The summed E-state index contributed by atoms with van der Waals surface area (Å²) in [6.07, 6.45) is 1.86. The zero-order chi connectivity index (χ0) is 12.8. The molecule has 1 aromatic rings. The average molecular weight is 240 g/mol. The van der Waals surface area contributed by atoms with E-state index in [1.165, 1.54) is 6.39 Å². The molecule has 0 saturated carbocycles. The number of aliphatic carboxylic acids is 1. The molecule has 1 atom stereocenters. The summed E-state index contributed by atoms with van der Waals surface area (Å²) in [6.45, 7) is 4.00. The molecule has 0 aliphatic carbocycles. The molecule has 1 unspecified atom stereocenters. The van der Waals surface area contributed by atoms with Crippen molar-refractivity contribution >= 4 is 11.9 Å². The van der Waals surface area contributed by atoms with E-state index in [2.05, 4.69) is 10.3 Å². The van der Waals surface area contributed by atoms with Crippen molar-refractivity contribution in [3.05, 3.63) is 17.8 Å². The van der Waals surface area contributed by atoms with E-state index in [9.17, 15) is 9.59 Å². The Bertz CT molecular complexity index is 400. The first-order valence-electron chi connectivity index (χ1n) is 5.40. The number of carbonyl (C=O) groups is 2. The quantitative estimate of drug-likeness (QED) is 0.779. The maximum absolute atomic E-state index is 11.6. The van der Waals surface area contributed by atoms with Crippen LogP contribution in [0.4, 0.5) is 0 Å². The molecule has 94 valence electrons. The molecule has 6 nitrogen and oxygen atoms in total. The first-order valence-corrected chi connectivity index (χ1v) is 5.40. The first kappa shape index (κ1) is 13.2. The van der Waals surface area contributed by atoms with Crippen LogP contribution in [-0.2, 0) is 4.79 Å². The molecule has 0 aliphatic rings. The van der Waals surface area contributed by atoms with Crippen LogP contribution >= 0.6 is 0 Å². The van der Waals surface area contributed by atoms with E-state index in [0.29, 0.717) is 18.7 Å². The molecule has 1 heterocycles. The van der Waals surface area contributed by atoms with Gasteiger partial charge in [-0.1, -0.05) is 6.92 Å². The van der Waals surface area contributed by atoms with Gasteiger partial charge in [0.15, 0.2) is 6.39 Å². The monoisotopic (exact) mass is 240 g/mol. The second kappa shape index (κ2) is 6.03. The molecule has 0 bridgehead atoms. The van der Waals surface area contributed by atoms with Crippen molar-refractivity contribution in [3.8, 4) is 0 Å².